The zero-order chi connectivity index (χ0) is 19.4. The maximum Gasteiger partial charge on any atom is 0.248 e. The fraction of sp³-hybridized carbons (Fsp3) is 0.222. The number of anilines is 3. The lowest BCUT2D eigenvalue weighted by atomic mass is 10.0. The van der Waals surface area contributed by atoms with Crippen molar-refractivity contribution in [2.75, 3.05) is 38.3 Å². The number of hydrogen-bond donors (Lipinski definition) is 3. The van der Waals surface area contributed by atoms with Gasteiger partial charge >= 0.3 is 0 Å². The molecule has 3 aromatic rings. The van der Waals surface area contributed by atoms with E-state index >= 15 is 0 Å². The number of aromatic amines is 1. The monoisotopic (exact) mass is 406 g/mol. The van der Waals surface area contributed by atoms with Gasteiger partial charge in [0.05, 0.1) is 10.0 Å². The van der Waals surface area contributed by atoms with Crippen LogP contribution in [0.1, 0.15) is 0 Å². The van der Waals surface area contributed by atoms with Crippen LogP contribution < -0.4 is 15.8 Å². The Kier molecular flexibility index (Phi) is 6.05. The Bertz CT molecular complexity index is 887. The minimum atomic E-state index is 0.221. The Balaban J connectivity index is 1.76. The topological polar surface area (TPSA) is 92.1 Å². The highest BCUT2D eigenvalue weighted by Crippen LogP contribution is 2.38. The average Bonchev–Trinajstić information content (AvgIpc) is 3.00. The number of nitrogen functional groups attached to an aromatic ring is 1. The second-order valence-electron chi connectivity index (χ2n) is 6.16. The molecule has 0 fully saturated rings. The van der Waals surface area contributed by atoms with Gasteiger partial charge in [0, 0.05) is 17.8 Å². The summed E-state index contributed by atoms with van der Waals surface area (Å²) < 4.78 is 5.71. The Morgan fingerprint density at radius 2 is 1.81 bits per heavy atom. The van der Waals surface area contributed by atoms with Crippen LogP contribution in [0.4, 0.5) is 17.6 Å². The van der Waals surface area contributed by atoms with Crippen LogP contribution in [-0.2, 0) is 0 Å². The molecule has 0 spiro atoms. The summed E-state index contributed by atoms with van der Waals surface area (Å²) >= 11 is 12.9. The molecule has 0 saturated carbocycles. The first-order chi connectivity index (χ1) is 12.9. The van der Waals surface area contributed by atoms with Crippen LogP contribution in [0, 0.1) is 0 Å². The third-order valence-electron chi connectivity index (χ3n) is 3.75. The lowest BCUT2D eigenvalue weighted by molar-refractivity contribution is 0.261. The summed E-state index contributed by atoms with van der Waals surface area (Å²) in [6.07, 6.45) is 0. The summed E-state index contributed by atoms with van der Waals surface area (Å²) in [7, 11) is 4.01. The number of nitrogens with one attached hydrogen (secondary N) is 2. The smallest absolute Gasteiger partial charge is 0.248 e. The number of nitrogens with two attached hydrogens (primary N) is 1. The van der Waals surface area contributed by atoms with E-state index in [-0.39, 0.29) is 5.95 Å². The largest absolute Gasteiger partial charge is 0.492 e. The standard InChI is InChI=1S/C18H20Cl2N6O/c1-26(2)7-8-27-13-5-3-11(4-6-13)16-14(19)9-12(10-15(16)20)22-18-23-17(21)24-25-18/h3-6,9-10H,7-8H2,1-2H3,(H4,21,22,23,24,25). The summed E-state index contributed by atoms with van der Waals surface area (Å²) in [4.78, 5) is 6.05. The number of likely N-dealkylation sites (N-methyl/N-ethyl adjacent to an activating group) is 1. The normalized spacial score (nSPS) is 11.0. The van der Waals surface area contributed by atoms with E-state index in [1.54, 1.807) is 12.1 Å². The molecule has 4 N–H and O–H groups in total. The third-order valence-corrected chi connectivity index (χ3v) is 4.35. The van der Waals surface area contributed by atoms with Gasteiger partial charge in [-0.25, -0.2) is 5.10 Å². The zero-order valence-electron chi connectivity index (χ0n) is 15.0. The molecule has 3 rings (SSSR count). The summed E-state index contributed by atoms with van der Waals surface area (Å²) in [5.74, 6) is 1.36. The molecule has 2 aromatic carbocycles. The molecule has 7 nitrogen and oxygen atoms in total. The van der Waals surface area contributed by atoms with Crippen molar-refractivity contribution in [1.29, 1.82) is 0 Å². The molecule has 1 heterocycles. The van der Waals surface area contributed by atoms with Gasteiger partial charge in [-0.3, -0.25) is 0 Å². The fourth-order valence-corrected chi connectivity index (χ4v) is 3.15. The van der Waals surface area contributed by atoms with Crippen LogP contribution in [0.2, 0.25) is 10.0 Å². The Morgan fingerprint density at radius 1 is 1.15 bits per heavy atom. The summed E-state index contributed by atoms with van der Waals surface area (Å²) in [6, 6.07) is 11.2. The van der Waals surface area contributed by atoms with Crippen molar-refractivity contribution >= 4 is 40.8 Å². The lowest BCUT2D eigenvalue weighted by Crippen LogP contribution is -2.19. The van der Waals surface area contributed by atoms with Crippen molar-refractivity contribution in [3.05, 3.63) is 46.4 Å². The van der Waals surface area contributed by atoms with Gasteiger partial charge in [0.2, 0.25) is 11.9 Å². The van der Waals surface area contributed by atoms with E-state index < -0.39 is 0 Å². The van der Waals surface area contributed by atoms with Crippen molar-refractivity contribution < 1.29 is 4.74 Å². The highest BCUT2D eigenvalue weighted by atomic mass is 35.5. The average molecular weight is 407 g/mol. The van der Waals surface area contributed by atoms with Gasteiger partial charge in [-0.1, -0.05) is 35.3 Å². The van der Waals surface area contributed by atoms with E-state index in [0.717, 1.165) is 23.4 Å². The Labute approximate surface area is 167 Å². The molecule has 27 heavy (non-hydrogen) atoms. The predicted octanol–water partition coefficient (Wildman–Crippen LogP) is 4.04. The molecular weight excluding hydrogens is 387 g/mol. The predicted molar refractivity (Wildman–Crippen MR) is 110 cm³/mol. The maximum absolute atomic E-state index is 6.46. The highest BCUT2D eigenvalue weighted by Gasteiger charge is 2.12. The molecule has 0 radical (unpaired) electrons. The lowest BCUT2D eigenvalue weighted by Gasteiger charge is -2.13. The minimum Gasteiger partial charge on any atom is -0.492 e. The van der Waals surface area contributed by atoms with Gasteiger partial charge in [-0.15, -0.1) is 5.10 Å². The number of H-pyrrole nitrogens is 1. The minimum absolute atomic E-state index is 0.221. The van der Waals surface area contributed by atoms with Crippen LogP contribution in [0.15, 0.2) is 36.4 Å². The molecular formula is C18H20Cl2N6O. The first kappa shape index (κ1) is 19.3. The SMILES string of the molecule is CN(C)CCOc1ccc(-c2c(Cl)cc(Nc3n[nH]c(N)n3)cc2Cl)cc1. The molecule has 0 aliphatic rings. The fourth-order valence-electron chi connectivity index (χ4n) is 2.44. The van der Waals surface area contributed by atoms with Crippen molar-refractivity contribution in [2.45, 2.75) is 0 Å². The molecule has 0 unspecified atom stereocenters. The molecule has 142 valence electrons. The number of ether oxygens (including phenoxy) is 1. The second-order valence-corrected chi connectivity index (χ2v) is 6.97. The Hall–Kier alpha value is -2.48. The molecule has 0 amide bonds. The Morgan fingerprint density at radius 3 is 2.37 bits per heavy atom. The van der Waals surface area contributed by atoms with Crippen molar-refractivity contribution in [1.82, 2.24) is 20.1 Å². The number of halogens is 2. The maximum atomic E-state index is 6.46. The first-order valence-electron chi connectivity index (χ1n) is 8.24. The summed E-state index contributed by atoms with van der Waals surface area (Å²) in [5.41, 5.74) is 7.83. The van der Waals surface area contributed by atoms with Crippen LogP contribution in [0.5, 0.6) is 5.75 Å². The van der Waals surface area contributed by atoms with Gasteiger partial charge in [0.25, 0.3) is 0 Å². The molecule has 0 aliphatic heterocycles. The van der Waals surface area contributed by atoms with Crippen LogP contribution in [0.25, 0.3) is 11.1 Å². The molecule has 1 aromatic heterocycles. The third kappa shape index (κ3) is 5.03. The molecule has 0 bridgehead atoms. The van der Waals surface area contributed by atoms with E-state index in [1.165, 1.54) is 0 Å². The van der Waals surface area contributed by atoms with Gasteiger partial charge in [0.1, 0.15) is 12.4 Å². The van der Waals surface area contributed by atoms with Crippen LogP contribution >= 0.6 is 23.2 Å². The second kappa shape index (κ2) is 8.47. The zero-order valence-corrected chi connectivity index (χ0v) is 16.5. The molecule has 0 aliphatic carbocycles. The van der Waals surface area contributed by atoms with E-state index in [0.29, 0.717) is 28.3 Å². The van der Waals surface area contributed by atoms with E-state index in [4.69, 9.17) is 33.7 Å². The van der Waals surface area contributed by atoms with Gasteiger partial charge in [0.15, 0.2) is 0 Å². The number of aromatic nitrogens is 3. The van der Waals surface area contributed by atoms with Crippen molar-refractivity contribution in [2.24, 2.45) is 0 Å². The summed E-state index contributed by atoms with van der Waals surface area (Å²) in [6.45, 7) is 1.48. The molecule has 0 atom stereocenters. The van der Waals surface area contributed by atoms with Gasteiger partial charge < -0.3 is 20.7 Å². The van der Waals surface area contributed by atoms with E-state index in [1.807, 2.05) is 38.4 Å². The molecule has 0 saturated heterocycles. The van der Waals surface area contributed by atoms with Crippen LogP contribution in [0.3, 0.4) is 0 Å². The number of nitrogens with zero attached hydrogens (tertiary/aromatic N) is 3. The van der Waals surface area contributed by atoms with Crippen molar-refractivity contribution in [3.63, 3.8) is 0 Å². The molecule has 9 heteroatoms. The summed E-state index contributed by atoms with van der Waals surface area (Å²) in [5, 5.41) is 10.5. The number of hydrogen-bond acceptors (Lipinski definition) is 6. The van der Waals surface area contributed by atoms with Crippen LogP contribution in [-0.4, -0.2) is 47.3 Å². The van der Waals surface area contributed by atoms with E-state index in [9.17, 15) is 0 Å². The van der Waals surface area contributed by atoms with Gasteiger partial charge in [-0.05, 0) is 43.9 Å². The van der Waals surface area contributed by atoms with Gasteiger partial charge in [-0.2, -0.15) is 4.98 Å². The number of benzene rings is 2. The van der Waals surface area contributed by atoms with E-state index in [2.05, 4.69) is 25.4 Å². The number of rotatable bonds is 7. The highest BCUT2D eigenvalue weighted by molar-refractivity contribution is 6.39. The van der Waals surface area contributed by atoms with Crippen molar-refractivity contribution in [3.8, 4) is 16.9 Å². The first-order valence-corrected chi connectivity index (χ1v) is 9.00. The quantitative estimate of drug-likeness (QED) is 0.548.